The van der Waals surface area contributed by atoms with Crippen LogP contribution in [0.3, 0.4) is 0 Å². The fourth-order valence-electron chi connectivity index (χ4n) is 2.75. The molecular formula is C20H21FN4O2. The summed E-state index contributed by atoms with van der Waals surface area (Å²) in [6, 6.07) is 14.9. The number of rotatable bonds is 6. The molecule has 0 aliphatic rings. The molecule has 7 heteroatoms. The molecule has 1 heterocycles. The monoisotopic (exact) mass is 368 g/mol. The van der Waals surface area contributed by atoms with Crippen LogP contribution in [-0.2, 0) is 4.74 Å². The number of aromatic nitrogens is 2. The molecule has 3 rings (SSSR count). The summed E-state index contributed by atoms with van der Waals surface area (Å²) in [4.78, 5) is 12.4. The van der Waals surface area contributed by atoms with Gasteiger partial charge in [0.25, 0.3) is 0 Å². The molecule has 27 heavy (non-hydrogen) atoms. The van der Waals surface area contributed by atoms with Crippen molar-refractivity contribution in [1.29, 1.82) is 0 Å². The van der Waals surface area contributed by atoms with Crippen molar-refractivity contribution in [3.8, 4) is 5.69 Å². The third kappa shape index (κ3) is 4.51. The first-order chi connectivity index (χ1) is 13.1. The summed E-state index contributed by atoms with van der Waals surface area (Å²) in [5.74, 6) is -0.315. The zero-order valence-corrected chi connectivity index (χ0v) is 15.1. The number of ether oxygens (including phenoxy) is 1. The zero-order chi connectivity index (χ0) is 19.2. The molecule has 6 nitrogen and oxygen atoms in total. The lowest BCUT2D eigenvalue weighted by Crippen LogP contribution is -2.33. The number of amides is 2. The van der Waals surface area contributed by atoms with Crippen molar-refractivity contribution in [3.05, 3.63) is 77.9 Å². The van der Waals surface area contributed by atoms with Gasteiger partial charge in [-0.15, -0.1) is 0 Å². The first kappa shape index (κ1) is 18.6. The molecule has 1 unspecified atom stereocenters. The number of hydrogen-bond acceptors (Lipinski definition) is 3. The van der Waals surface area contributed by atoms with E-state index in [0.29, 0.717) is 5.69 Å². The van der Waals surface area contributed by atoms with E-state index in [9.17, 15) is 9.18 Å². The largest absolute Gasteiger partial charge is 0.375 e. The Bertz CT molecular complexity index is 908. The molecule has 3 aromatic rings. The number of nitrogens with zero attached hydrogens (tertiary/aromatic N) is 2. The Labute approximate surface area is 157 Å². The lowest BCUT2D eigenvalue weighted by molar-refractivity contribution is 0.104. The maximum absolute atomic E-state index is 13.1. The van der Waals surface area contributed by atoms with Gasteiger partial charge in [0.05, 0.1) is 17.5 Å². The van der Waals surface area contributed by atoms with Gasteiger partial charge in [-0.25, -0.2) is 13.9 Å². The lowest BCUT2D eigenvalue weighted by atomic mass is 10.1. The normalized spacial score (nSPS) is 11.8. The summed E-state index contributed by atoms with van der Waals surface area (Å²) < 4.78 is 20.2. The summed E-state index contributed by atoms with van der Waals surface area (Å²) in [5, 5.41) is 9.91. The highest BCUT2D eigenvalue weighted by Gasteiger charge is 2.14. The Balaban J connectivity index is 1.66. The smallest absolute Gasteiger partial charge is 0.319 e. The number of methoxy groups -OCH3 is 1. The second-order valence-electron chi connectivity index (χ2n) is 6.01. The molecule has 2 aromatic carbocycles. The molecule has 1 aromatic heterocycles. The van der Waals surface area contributed by atoms with Gasteiger partial charge in [-0.3, -0.25) is 0 Å². The summed E-state index contributed by atoms with van der Waals surface area (Å²) in [7, 11) is 1.55. The highest BCUT2D eigenvalue weighted by atomic mass is 19.1. The van der Waals surface area contributed by atoms with E-state index in [2.05, 4.69) is 15.7 Å². The van der Waals surface area contributed by atoms with Crippen LogP contribution in [-0.4, -0.2) is 29.5 Å². The fourth-order valence-corrected chi connectivity index (χ4v) is 2.75. The van der Waals surface area contributed by atoms with Crippen molar-refractivity contribution < 1.29 is 13.9 Å². The van der Waals surface area contributed by atoms with Crippen LogP contribution in [0.1, 0.15) is 17.4 Å². The number of carbonyl (C=O) groups is 1. The Morgan fingerprint density at radius 2 is 1.93 bits per heavy atom. The van der Waals surface area contributed by atoms with Gasteiger partial charge >= 0.3 is 6.03 Å². The number of halogens is 1. The number of aryl methyl sites for hydroxylation is 1. The average Bonchev–Trinajstić information content (AvgIpc) is 3.10. The highest BCUT2D eigenvalue weighted by molar-refractivity contribution is 5.91. The fraction of sp³-hybridized carbons (Fsp3) is 0.200. The van der Waals surface area contributed by atoms with Crippen molar-refractivity contribution in [2.24, 2.45) is 0 Å². The predicted octanol–water partition coefficient (Wildman–Crippen LogP) is 3.83. The van der Waals surface area contributed by atoms with E-state index in [1.165, 1.54) is 12.1 Å². The van der Waals surface area contributed by atoms with E-state index in [-0.39, 0.29) is 24.5 Å². The number of benzene rings is 2. The summed E-state index contributed by atoms with van der Waals surface area (Å²) >= 11 is 0. The van der Waals surface area contributed by atoms with Crippen molar-refractivity contribution in [2.45, 2.75) is 13.0 Å². The summed E-state index contributed by atoms with van der Waals surface area (Å²) in [6.45, 7) is 2.19. The van der Waals surface area contributed by atoms with Crippen molar-refractivity contribution >= 4 is 11.7 Å². The third-order valence-electron chi connectivity index (χ3n) is 4.19. The molecule has 0 bridgehead atoms. The van der Waals surface area contributed by atoms with Gasteiger partial charge in [-0.1, -0.05) is 24.3 Å². The Hall–Kier alpha value is -3.19. The lowest BCUT2D eigenvalue weighted by Gasteiger charge is -2.18. The zero-order valence-electron chi connectivity index (χ0n) is 15.1. The summed E-state index contributed by atoms with van der Waals surface area (Å²) in [5.41, 5.74) is 3.15. The van der Waals surface area contributed by atoms with E-state index in [1.807, 2.05) is 37.3 Å². The maximum Gasteiger partial charge on any atom is 0.319 e. The van der Waals surface area contributed by atoms with Crippen LogP contribution < -0.4 is 10.6 Å². The molecule has 0 aliphatic heterocycles. The summed E-state index contributed by atoms with van der Waals surface area (Å²) in [6.07, 6.45) is 1.33. The minimum atomic E-state index is -0.375. The van der Waals surface area contributed by atoms with Gasteiger partial charge in [-0.05, 0) is 42.8 Å². The number of urea groups is 1. The molecule has 140 valence electrons. The van der Waals surface area contributed by atoms with Crippen molar-refractivity contribution in [2.75, 3.05) is 19.0 Å². The van der Waals surface area contributed by atoms with Crippen LogP contribution in [0.4, 0.5) is 14.9 Å². The molecule has 2 N–H and O–H groups in total. The van der Waals surface area contributed by atoms with Gasteiger partial charge in [0.15, 0.2) is 0 Å². The Morgan fingerprint density at radius 1 is 1.19 bits per heavy atom. The van der Waals surface area contributed by atoms with Crippen LogP contribution in [0.5, 0.6) is 0 Å². The standard InChI is InChI=1S/C20H21FN4O2/c1-14-11-12-23-25(14)18-6-4-3-5-17(18)24-20(26)22-13-19(27-2)15-7-9-16(21)10-8-15/h3-12,19H,13H2,1-2H3,(H2,22,24,26). The topological polar surface area (TPSA) is 68.2 Å². The number of nitrogens with one attached hydrogen (secondary N) is 2. The first-order valence-electron chi connectivity index (χ1n) is 8.51. The van der Waals surface area contributed by atoms with E-state index < -0.39 is 0 Å². The van der Waals surface area contributed by atoms with Gasteiger partial charge in [-0.2, -0.15) is 5.10 Å². The van der Waals surface area contributed by atoms with Crippen LogP contribution in [0.15, 0.2) is 60.8 Å². The Morgan fingerprint density at radius 3 is 2.59 bits per heavy atom. The highest BCUT2D eigenvalue weighted by Crippen LogP contribution is 2.21. The molecule has 0 radical (unpaired) electrons. The van der Waals surface area contributed by atoms with Crippen LogP contribution in [0, 0.1) is 12.7 Å². The van der Waals surface area contributed by atoms with E-state index in [4.69, 9.17) is 4.74 Å². The van der Waals surface area contributed by atoms with Crippen molar-refractivity contribution in [1.82, 2.24) is 15.1 Å². The quantitative estimate of drug-likeness (QED) is 0.695. The number of hydrogen-bond donors (Lipinski definition) is 2. The maximum atomic E-state index is 13.1. The van der Waals surface area contributed by atoms with Gasteiger partial charge in [0, 0.05) is 25.5 Å². The number of para-hydroxylation sites is 2. The van der Waals surface area contributed by atoms with Crippen LogP contribution in [0.2, 0.25) is 0 Å². The third-order valence-corrected chi connectivity index (χ3v) is 4.19. The molecule has 2 amide bonds. The molecule has 0 saturated heterocycles. The minimum Gasteiger partial charge on any atom is -0.375 e. The van der Waals surface area contributed by atoms with Gasteiger partial charge in [0.2, 0.25) is 0 Å². The molecular weight excluding hydrogens is 347 g/mol. The second-order valence-corrected chi connectivity index (χ2v) is 6.01. The van der Waals surface area contributed by atoms with Crippen LogP contribution in [0.25, 0.3) is 5.69 Å². The average molecular weight is 368 g/mol. The molecule has 0 spiro atoms. The Kier molecular flexibility index (Phi) is 5.83. The predicted molar refractivity (Wildman–Crippen MR) is 101 cm³/mol. The number of carbonyl (C=O) groups excluding carboxylic acids is 1. The van der Waals surface area contributed by atoms with E-state index in [1.54, 1.807) is 30.1 Å². The second kappa shape index (κ2) is 8.46. The SMILES string of the molecule is COC(CNC(=O)Nc1ccccc1-n1nccc1C)c1ccc(F)cc1. The van der Waals surface area contributed by atoms with E-state index >= 15 is 0 Å². The van der Waals surface area contributed by atoms with Gasteiger partial charge in [0.1, 0.15) is 5.82 Å². The molecule has 1 atom stereocenters. The van der Waals surface area contributed by atoms with E-state index in [0.717, 1.165) is 16.9 Å². The minimum absolute atomic E-state index is 0.247. The molecule has 0 aliphatic carbocycles. The molecule has 0 fully saturated rings. The van der Waals surface area contributed by atoms with Gasteiger partial charge < -0.3 is 15.4 Å². The molecule has 0 saturated carbocycles. The number of anilines is 1. The van der Waals surface area contributed by atoms with Crippen molar-refractivity contribution in [3.63, 3.8) is 0 Å². The van der Waals surface area contributed by atoms with Crippen LogP contribution >= 0.6 is 0 Å². The first-order valence-corrected chi connectivity index (χ1v) is 8.51.